The van der Waals surface area contributed by atoms with Crippen LogP contribution in [0.15, 0.2) is 0 Å². The second-order valence-electron chi connectivity index (χ2n) is 0.848. The molecule has 11 heteroatoms. The van der Waals surface area contributed by atoms with Gasteiger partial charge in [-0.25, -0.2) is 14.4 Å². The van der Waals surface area contributed by atoms with Crippen LogP contribution < -0.4 is 51.4 Å². The Hall–Kier alpha value is 0.213. The van der Waals surface area contributed by atoms with E-state index in [-0.39, 0.29) is 78.7 Å². The van der Waals surface area contributed by atoms with Crippen molar-refractivity contribution in [3.05, 3.63) is 0 Å². The van der Waals surface area contributed by atoms with Gasteiger partial charge in [0.15, 0.2) is 0 Å². The maximum Gasteiger partial charge on any atom is 2.00 e. The van der Waals surface area contributed by atoms with E-state index >= 15 is 0 Å². The van der Waals surface area contributed by atoms with Crippen molar-refractivity contribution in [3.63, 3.8) is 0 Å². The third-order valence-electron chi connectivity index (χ3n) is 0. The Morgan fingerprint density at radius 2 is 0.643 bits per heavy atom. The fraction of sp³-hybridized carbons (Fsp3) is 0. The standard InChI is InChI=1S/3CH2O3.K.Mg.3H/c3*2-1(3)4;;;;;/h3*(H2,2,3,4);;;;;/q;;;+1;+2;3*-1. The van der Waals surface area contributed by atoms with Gasteiger partial charge in [0.1, 0.15) is 0 Å². The second kappa shape index (κ2) is 23.2. The number of hydrogen-bond donors (Lipinski definition) is 6. The molecule has 0 aliphatic rings. The third kappa shape index (κ3) is 34000. The minimum atomic E-state index is -1.83. The van der Waals surface area contributed by atoms with E-state index in [1.165, 1.54) is 0 Å². The van der Waals surface area contributed by atoms with Crippen molar-refractivity contribution < 1.29 is 101 Å². The van der Waals surface area contributed by atoms with Crippen molar-refractivity contribution in [1.82, 2.24) is 0 Å². The summed E-state index contributed by atoms with van der Waals surface area (Å²) < 4.78 is 0. The van der Waals surface area contributed by atoms with Crippen molar-refractivity contribution >= 4 is 41.5 Å². The normalized spacial score (nSPS) is 5.14. The first-order valence-electron chi connectivity index (χ1n) is 1.95. The molecule has 0 heterocycles. The van der Waals surface area contributed by atoms with Gasteiger partial charge in [-0.05, 0) is 0 Å². The molecule has 0 radical (unpaired) electrons. The molecule has 6 N–H and O–H groups in total. The van der Waals surface area contributed by atoms with Crippen LogP contribution in [0.5, 0.6) is 0 Å². The molecule has 0 aromatic carbocycles. The van der Waals surface area contributed by atoms with E-state index in [1.54, 1.807) is 0 Å². The predicted molar refractivity (Wildman–Crippen MR) is 41.1 cm³/mol. The van der Waals surface area contributed by atoms with Crippen molar-refractivity contribution in [2.75, 3.05) is 0 Å². The number of hydrogen-bond acceptors (Lipinski definition) is 3. The molecule has 0 bridgehead atoms. The Bertz CT molecular complexity index is 129. The van der Waals surface area contributed by atoms with Crippen LogP contribution in [0.3, 0.4) is 0 Å². The fourth-order valence-corrected chi connectivity index (χ4v) is 0. The summed E-state index contributed by atoms with van der Waals surface area (Å²) >= 11 is 0. The van der Waals surface area contributed by atoms with Gasteiger partial charge in [0.05, 0.1) is 0 Å². The van der Waals surface area contributed by atoms with Gasteiger partial charge in [-0.15, -0.1) is 0 Å². The molecule has 0 fully saturated rings. The first-order valence-corrected chi connectivity index (χ1v) is 1.95. The molecule has 0 aliphatic carbocycles. The van der Waals surface area contributed by atoms with Crippen LogP contribution in [-0.2, 0) is 0 Å². The van der Waals surface area contributed by atoms with Gasteiger partial charge in [0, 0.05) is 0 Å². The molecular formula is C3H9KMgO9. The zero-order chi connectivity index (χ0) is 10.7. The molecule has 0 spiro atoms. The fourth-order valence-electron chi connectivity index (χ4n) is 0. The maximum atomic E-state index is 8.56. The minimum absolute atomic E-state index is 0. The van der Waals surface area contributed by atoms with Crippen molar-refractivity contribution in [3.8, 4) is 0 Å². The van der Waals surface area contributed by atoms with Crippen LogP contribution in [0.2, 0.25) is 0 Å². The molecule has 0 unspecified atom stereocenters. The summed E-state index contributed by atoms with van der Waals surface area (Å²) in [7, 11) is 0. The third-order valence-corrected chi connectivity index (χ3v) is 0. The van der Waals surface area contributed by atoms with Gasteiger partial charge in [0.2, 0.25) is 0 Å². The van der Waals surface area contributed by atoms with Gasteiger partial charge in [-0.3, -0.25) is 0 Å². The van der Waals surface area contributed by atoms with Gasteiger partial charge in [-0.2, -0.15) is 0 Å². The number of rotatable bonds is 0. The summed E-state index contributed by atoms with van der Waals surface area (Å²) in [4.78, 5) is 25.7. The molecule has 78 valence electrons. The van der Waals surface area contributed by atoms with Gasteiger partial charge in [-0.1, -0.05) is 0 Å². The Labute approximate surface area is 140 Å². The Kier molecular flexibility index (Phi) is 48.5. The molecule has 0 saturated carbocycles. The molecule has 0 rings (SSSR count). The quantitative estimate of drug-likeness (QED) is 0.257. The van der Waals surface area contributed by atoms with Crippen LogP contribution in [-0.4, -0.2) is 72.2 Å². The summed E-state index contributed by atoms with van der Waals surface area (Å²) in [6.07, 6.45) is -5.50. The second-order valence-corrected chi connectivity index (χ2v) is 0.848. The van der Waals surface area contributed by atoms with Crippen LogP contribution in [0.1, 0.15) is 4.28 Å². The molecule has 0 saturated heterocycles. The van der Waals surface area contributed by atoms with E-state index in [2.05, 4.69) is 0 Å². The minimum Gasteiger partial charge on any atom is -1.00 e. The average molecular weight is 252 g/mol. The van der Waals surface area contributed by atoms with Crippen molar-refractivity contribution in [2.24, 2.45) is 0 Å². The summed E-state index contributed by atoms with van der Waals surface area (Å²) in [6.45, 7) is 0. The SMILES string of the molecule is O=C(O)O.O=C(O)O.O=C(O)O.[H-].[H-].[H-].[K+].[Mg+2]. The van der Waals surface area contributed by atoms with Crippen LogP contribution >= 0.6 is 0 Å². The molecule has 0 atom stereocenters. The monoisotopic (exact) mass is 252 g/mol. The zero-order valence-electron chi connectivity index (χ0n) is 10.1. The van der Waals surface area contributed by atoms with Crippen molar-refractivity contribution in [2.45, 2.75) is 0 Å². The Balaban J connectivity index is -0.0000000104. The van der Waals surface area contributed by atoms with Crippen LogP contribution in [0, 0.1) is 0 Å². The molecule has 0 aliphatic heterocycles. The van der Waals surface area contributed by atoms with E-state index in [0.717, 1.165) is 0 Å². The van der Waals surface area contributed by atoms with Gasteiger partial charge < -0.3 is 34.9 Å². The van der Waals surface area contributed by atoms with Gasteiger partial charge >= 0.3 is 92.9 Å². The molecule has 0 aromatic heterocycles. The average Bonchev–Trinajstić information content (AvgIpc) is 1.54. The van der Waals surface area contributed by atoms with Crippen LogP contribution in [0.4, 0.5) is 14.4 Å². The van der Waals surface area contributed by atoms with E-state index in [9.17, 15) is 0 Å². The molecule has 0 aromatic rings. The molecular weight excluding hydrogens is 243 g/mol. The molecule has 0 amide bonds. The first-order chi connectivity index (χ1) is 5.20. The first kappa shape index (κ1) is 29.2. The zero-order valence-corrected chi connectivity index (χ0v) is 11.7. The van der Waals surface area contributed by atoms with Crippen molar-refractivity contribution in [1.29, 1.82) is 0 Å². The number of carboxylic acid groups (broad SMARTS) is 6. The maximum absolute atomic E-state index is 8.56. The largest absolute Gasteiger partial charge is 2.00 e. The topological polar surface area (TPSA) is 173 Å². The Morgan fingerprint density at radius 1 is 0.643 bits per heavy atom. The summed E-state index contributed by atoms with van der Waals surface area (Å²) in [6, 6.07) is 0. The van der Waals surface area contributed by atoms with Gasteiger partial charge in [0.25, 0.3) is 0 Å². The van der Waals surface area contributed by atoms with Crippen LogP contribution in [0.25, 0.3) is 0 Å². The van der Waals surface area contributed by atoms with E-state index in [4.69, 9.17) is 45.0 Å². The smallest absolute Gasteiger partial charge is 1.00 e. The Morgan fingerprint density at radius 3 is 0.643 bits per heavy atom. The summed E-state index contributed by atoms with van der Waals surface area (Å²) in [5.74, 6) is 0. The molecule has 14 heavy (non-hydrogen) atoms. The van der Waals surface area contributed by atoms with E-state index in [1.807, 2.05) is 0 Å². The molecule has 9 nitrogen and oxygen atoms in total. The van der Waals surface area contributed by atoms with E-state index < -0.39 is 18.5 Å². The van der Waals surface area contributed by atoms with E-state index in [0.29, 0.717) is 0 Å². The summed E-state index contributed by atoms with van der Waals surface area (Å²) in [5, 5.41) is 41.8. The summed E-state index contributed by atoms with van der Waals surface area (Å²) in [5.41, 5.74) is 0. The predicted octanol–water partition coefficient (Wildman–Crippen LogP) is -2.37. The number of carbonyl (C=O) groups is 3.